The minimum absolute atomic E-state index is 0.0382. The first-order chi connectivity index (χ1) is 44.4. The molecule has 11 amide bonds. The number of nitrogens with one attached hydrogen (secondary N) is 12. The molecule has 16 N–H and O–H groups in total. The molecule has 512 valence electrons. The molecule has 6 rings (SSSR count). The van der Waals surface area contributed by atoms with Crippen LogP contribution in [-0.2, 0) is 91.3 Å². The predicted molar refractivity (Wildman–Crippen MR) is 334 cm³/mol. The number of aliphatic hydroxyl groups excluding tert-OH is 3. The van der Waals surface area contributed by atoms with Gasteiger partial charge in [0, 0.05) is 85.0 Å². The monoisotopic (exact) mass is 1330 g/mol. The molecule has 0 saturated carbocycles. The smallest absolute Gasteiger partial charge is 0.288 e. The molecule has 3 aliphatic rings. The van der Waals surface area contributed by atoms with Crippen LogP contribution in [0, 0.1) is 17.8 Å². The number of H-pyrrole nitrogens is 1. The third kappa shape index (κ3) is 19.1. The first-order valence-corrected chi connectivity index (χ1v) is 32.1. The van der Waals surface area contributed by atoms with Crippen LogP contribution < -0.4 is 58.5 Å². The highest BCUT2D eigenvalue weighted by Crippen LogP contribution is 2.33. The number of hydrogen-bond donors (Lipinski definition) is 16. The van der Waals surface area contributed by atoms with Crippen molar-refractivity contribution in [3.63, 3.8) is 0 Å². The number of rotatable bonds is 21. The summed E-state index contributed by atoms with van der Waals surface area (Å²) in [6, 6.07) is -1.56. The van der Waals surface area contributed by atoms with Crippen LogP contribution in [-0.4, -0.2) is 210 Å². The molecular weight excluding hydrogens is 1250 g/mol. The summed E-state index contributed by atoms with van der Waals surface area (Å²) >= 11 is -2.48. The van der Waals surface area contributed by atoms with Gasteiger partial charge in [0.25, 0.3) is 5.91 Å². The van der Waals surface area contributed by atoms with E-state index in [0.717, 1.165) is 4.90 Å². The summed E-state index contributed by atoms with van der Waals surface area (Å²) < 4.78 is 15.0. The maximum atomic E-state index is 15.3. The Bertz CT molecular complexity index is 3370. The van der Waals surface area contributed by atoms with E-state index in [1.54, 1.807) is 34.6 Å². The standard InChI is InChI=1S/C61H83N13O19S/c1-8-30(5)50-56(89)64-23-47(83)67-43-27-94(93)59-39(38-16-14-36(78)18-40(38)70-59)19-41(53(86)63-24-48(84)71-50)68-58(91)51(31(6)45(81)26-75)73-61(28-76)21-37(79)25-74(61)60(92)42(69-54(43)87)20-46(82)62-22-33-10-12-34(13-11-33)66-52(85)32(7)65-57(90)49(29(3)4)72-55(88)44(80)17-15-35(77)9-2/h10-14,16,18,28-32,37,41-43,45,49-51,70,73,75,78-79,81H,8-9,15,17,19-27H2,1-7H3,(H,62,82)(H,63,86)(H,64,89)(H,65,90)(H,66,85)(H,67,83)(H,68,91)(H,69,87)(H,71,84)(H,72,88)/t30-,31-,32-,37+,41-,42-,43?,45-,49?,50-,51-,61-,94?/m0/s1. The van der Waals surface area contributed by atoms with Crippen LogP contribution in [0.4, 0.5) is 5.69 Å². The molecule has 1 saturated heterocycles. The van der Waals surface area contributed by atoms with Crippen molar-refractivity contribution in [1.82, 2.24) is 63.1 Å². The van der Waals surface area contributed by atoms with Gasteiger partial charge in [-0.2, -0.15) is 0 Å². The highest BCUT2D eigenvalue weighted by molar-refractivity contribution is 7.91. The van der Waals surface area contributed by atoms with Crippen molar-refractivity contribution in [2.24, 2.45) is 17.8 Å². The quantitative estimate of drug-likeness (QED) is 0.0273. The Morgan fingerprint density at radius 2 is 1.48 bits per heavy atom. The molecule has 13 atom stereocenters. The Kier molecular flexibility index (Phi) is 26.3. The van der Waals surface area contributed by atoms with Crippen molar-refractivity contribution in [3.05, 3.63) is 53.6 Å². The molecule has 1 aromatic heterocycles. The third-order valence-electron chi connectivity index (χ3n) is 16.6. The molecule has 2 bridgehead atoms. The number of hydrogen-bond acceptors (Lipinski definition) is 20. The van der Waals surface area contributed by atoms with Crippen LogP contribution in [0.5, 0.6) is 5.75 Å². The summed E-state index contributed by atoms with van der Waals surface area (Å²) in [7, 11) is 0. The van der Waals surface area contributed by atoms with E-state index in [-0.39, 0.29) is 70.8 Å². The first-order valence-electron chi connectivity index (χ1n) is 30.7. The first kappa shape index (κ1) is 74.2. The largest absolute Gasteiger partial charge is 0.610 e. The van der Waals surface area contributed by atoms with Gasteiger partial charge >= 0.3 is 0 Å². The number of aromatic nitrogens is 1. The Balaban J connectivity index is 1.34. The lowest BCUT2D eigenvalue weighted by molar-refractivity contribution is -0.147. The van der Waals surface area contributed by atoms with Crippen LogP contribution >= 0.6 is 0 Å². The average Bonchev–Trinajstić information content (AvgIpc) is 1.59. The van der Waals surface area contributed by atoms with Gasteiger partial charge in [-0.1, -0.05) is 60.1 Å². The van der Waals surface area contributed by atoms with Gasteiger partial charge in [-0.3, -0.25) is 72.4 Å². The van der Waals surface area contributed by atoms with Gasteiger partial charge < -0.3 is 88.0 Å². The van der Waals surface area contributed by atoms with E-state index < -0.39 is 211 Å². The van der Waals surface area contributed by atoms with Crippen molar-refractivity contribution < 1.29 is 92.1 Å². The molecule has 0 spiro atoms. The lowest BCUT2D eigenvalue weighted by Crippen LogP contribution is -2.69. The van der Waals surface area contributed by atoms with Crippen LogP contribution in [0.3, 0.4) is 0 Å². The summed E-state index contributed by atoms with van der Waals surface area (Å²) in [5, 5.41) is 70.9. The molecule has 1 fully saturated rings. The van der Waals surface area contributed by atoms with E-state index in [9.17, 15) is 82.5 Å². The molecule has 0 radical (unpaired) electrons. The topological polar surface area (TPSA) is 494 Å². The number of aliphatic hydroxyl groups is 3. The van der Waals surface area contributed by atoms with Gasteiger partial charge in [-0.15, -0.1) is 0 Å². The SMILES string of the molecule is CCC(=O)CCC(=O)C(=O)NC(C(=O)N[C@@H](C)C(=O)Nc1ccc(CNC(=O)C[C@@H]2NC(=O)C3C[S+]([O-])c4[nH]c5cc(O)ccc5c4C[C@H](NC(=O)[C@H]([C@@H](C)[C@@H](O)CO)N[C@@]4(C=O)C[C@@H](O)CN4C2=O)C(=O)NCC(=O)N[C@@H]([C@@H](C)CC)C(=O)NCC(=O)N3)cc1)C(C)C. The maximum Gasteiger partial charge on any atom is 0.288 e. The zero-order chi connectivity index (χ0) is 69.5. The van der Waals surface area contributed by atoms with Crippen molar-refractivity contribution >= 4 is 111 Å². The Hall–Kier alpha value is -8.89. The number of nitrogens with zero attached hydrogens (tertiary/aromatic N) is 1. The number of phenols is 1. The number of anilines is 1. The molecule has 94 heavy (non-hydrogen) atoms. The summed E-state index contributed by atoms with van der Waals surface area (Å²) in [6.45, 7) is 7.26. The molecule has 4 heterocycles. The second-order valence-corrected chi connectivity index (χ2v) is 25.4. The number of aromatic hydroxyl groups is 1. The van der Waals surface area contributed by atoms with E-state index in [0.29, 0.717) is 12.0 Å². The highest BCUT2D eigenvalue weighted by Gasteiger charge is 2.53. The van der Waals surface area contributed by atoms with Crippen molar-refractivity contribution in [2.75, 3.05) is 37.3 Å². The van der Waals surface area contributed by atoms with E-state index in [4.69, 9.17) is 0 Å². The number of aromatic amines is 1. The van der Waals surface area contributed by atoms with Gasteiger partial charge in [0.05, 0.1) is 49.9 Å². The number of amides is 11. The predicted octanol–water partition coefficient (Wildman–Crippen LogP) is -4.18. The molecular formula is C61H83N13O19S. The van der Waals surface area contributed by atoms with E-state index in [2.05, 4.69) is 63.5 Å². The summed E-state index contributed by atoms with van der Waals surface area (Å²) in [5.41, 5.74) is -1.65. The number of aldehydes is 1. The number of carbonyl (C=O) groups excluding carboxylic acids is 14. The van der Waals surface area contributed by atoms with Crippen molar-refractivity contribution in [2.45, 2.75) is 165 Å². The lowest BCUT2D eigenvalue weighted by atomic mass is 9.92. The van der Waals surface area contributed by atoms with Crippen molar-refractivity contribution in [3.8, 4) is 5.75 Å². The average molecular weight is 1330 g/mol. The van der Waals surface area contributed by atoms with Crippen LogP contribution in [0.2, 0.25) is 0 Å². The Morgan fingerprint density at radius 1 is 0.809 bits per heavy atom. The number of phenolic OH excluding ortho intramolecular Hbond substituents is 1. The summed E-state index contributed by atoms with van der Waals surface area (Å²) in [4.78, 5) is 196. The van der Waals surface area contributed by atoms with Gasteiger partial charge in [-0.25, -0.2) is 0 Å². The number of carbonyl (C=O) groups is 14. The highest BCUT2D eigenvalue weighted by atomic mass is 32.2. The maximum absolute atomic E-state index is 15.3. The number of ketones is 2. The molecule has 32 nitrogen and oxygen atoms in total. The second kappa shape index (κ2) is 33.3. The molecule has 3 aliphatic heterocycles. The zero-order valence-electron chi connectivity index (χ0n) is 53.0. The third-order valence-corrected chi connectivity index (χ3v) is 18.1. The van der Waals surface area contributed by atoms with Crippen LogP contribution in [0.1, 0.15) is 98.1 Å². The molecule has 0 aliphatic carbocycles. The Labute approximate surface area is 543 Å². The van der Waals surface area contributed by atoms with Gasteiger partial charge in [0.1, 0.15) is 47.5 Å². The fraction of sp³-hybridized carbons (Fsp3) is 0.541. The second-order valence-electron chi connectivity index (χ2n) is 24.0. The minimum atomic E-state index is -2.48. The molecule has 33 heteroatoms. The van der Waals surface area contributed by atoms with E-state index >= 15 is 9.59 Å². The van der Waals surface area contributed by atoms with Crippen LogP contribution in [0.25, 0.3) is 10.9 Å². The summed E-state index contributed by atoms with van der Waals surface area (Å²) in [5.74, 6) is -15.7. The van der Waals surface area contributed by atoms with E-state index in [1.807, 2.05) is 0 Å². The summed E-state index contributed by atoms with van der Waals surface area (Å²) in [6.07, 6.45) is -5.32. The number of Topliss-reactive ketones (excluding diaryl/α,β-unsaturated/α-hetero) is 2. The van der Waals surface area contributed by atoms with Gasteiger partial charge in [0.15, 0.2) is 18.0 Å². The van der Waals surface area contributed by atoms with Crippen molar-refractivity contribution in [1.29, 1.82) is 0 Å². The fourth-order valence-electron chi connectivity index (χ4n) is 10.8. The molecule has 3 aromatic rings. The van der Waals surface area contributed by atoms with Crippen LogP contribution in [0.15, 0.2) is 47.5 Å². The molecule has 3 unspecified atom stereocenters. The number of benzene rings is 2. The van der Waals surface area contributed by atoms with E-state index in [1.165, 1.54) is 56.3 Å². The minimum Gasteiger partial charge on any atom is -0.610 e. The molecule has 2 aromatic carbocycles. The fourth-order valence-corrected chi connectivity index (χ4v) is 12.2. The Morgan fingerprint density at radius 3 is 2.12 bits per heavy atom. The normalized spacial score (nSPS) is 24.3. The van der Waals surface area contributed by atoms with Gasteiger partial charge in [0.2, 0.25) is 69.9 Å². The lowest BCUT2D eigenvalue weighted by Gasteiger charge is -2.41. The van der Waals surface area contributed by atoms with Gasteiger partial charge in [-0.05, 0) is 48.6 Å². The zero-order valence-corrected chi connectivity index (χ0v) is 53.8. The number of fused-ring (bicyclic) bond motifs is 5.